The molecule has 1 saturated carbocycles. The fourth-order valence-electron chi connectivity index (χ4n) is 1.40. The Morgan fingerprint density at radius 3 is 2.71 bits per heavy atom. The molecule has 0 aliphatic heterocycles. The van der Waals surface area contributed by atoms with Crippen LogP contribution in [-0.4, -0.2) is 31.0 Å². The smallest absolute Gasteiger partial charge is 0.255 e. The molecule has 17 heavy (non-hydrogen) atoms. The Balaban J connectivity index is 2.29. The summed E-state index contributed by atoms with van der Waals surface area (Å²) in [5.41, 5.74) is 5.49. The highest BCUT2D eigenvalue weighted by atomic mass is 32.2. The highest BCUT2D eigenvalue weighted by Crippen LogP contribution is 2.40. The lowest BCUT2D eigenvalue weighted by molar-refractivity contribution is 0.163. The van der Waals surface area contributed by atoms with Gasteiger partial charge in [-0.1, -0.05) is 0 Å². The van der Waals surface area contributed by atoms with Crippen molar-refractivity contribution in [3.63, 3.8) is 0 Å². The number of nitrogens with zero attached hydrogens (tertiary/aromatic N) is 1. The standard InChI is InChI=1S/C8H11F2N3O2S2/c9-5(10)3-12-8-6(7(11)13-16-8)17(14,15)4-1-2-4/h4-5,12H,1-3H2,(H2,11,13). The SMILES string of the molecule is Nc1nsc(NCC(F)F)c1S(=O)(=O)C1CC1. The average molecular weight is 283 g/mol. The summed E-state index contributed by atoms with van der Waals surface area (Å²) in [4.78, 5) is -0.120. The summed E-state index contributed by atoms with van der Waals surface area (Å²) in [7, 11) is -3.52. The van der Waals surface area contributed by atoms with E-state index in [0.717, 1.165) is 11.5 Å². The zero-order chi connectivity index (χ0) is 12.6. The largest absolute Gasteiger partial charge is 0.382 e. The topological polar surface area (TPSA) is 85.1 Å². The van der Waals surface area contributed by atoms with E-state index in [2.05, 4.69) is 9.69 Å². The van der Waals surface area contributed by atoms with E-state index in [-0.39, 0.29) is 15.7 Å². The lowest BCUT2D eigenvalue weighted by Crippen LogP contribution is -2.14. The molecule has 0 saturated heterocycles. The number of alkyl halides is 2. The molecular weight excluding hydrogens is 272 g/mol. The number of hydrogen-bond donors (Lipinski definition) is 2. The van der Waals surface area contributed by atoms with Crippen LogP contribution in [-0.2, 0) is 9.84 Å². The van der Waals surface area contributed by atoms with Crippen LogP contribution in [0.4, 0.5) is 19.6 Å². The molecule has 0 spiro atoms. The highest BCUT2D eigenvalue weighted by molar-refractivity contribution is 7.92. The molecular formula is C8H11F2N3O2S2. The number of anilines is 2. The molecule has 1 aromatic heterocycles. The lowest BCUT2D eigenvalue weighted by Gasteiger charge is -2.06. The molecule has 0 bridgehead atoms. The maximum absolute atomic E-state index is 12.1. The summed E-state index contributed by atoms with van der Waals surface area (Å²) >= 11 is 0.792. The highest BCUT2D eigenvalue weighted by Gasteiger charge is 2.40. The Morgan fingerprint density at radius 1 is 1.53 bits per heavy atom. The fourth-order valence-corrected chi connectivity index (χ4v) is 4.29. The van der Waals surface area contributed by atoms with E-state index >= 15 is 0 Å². The van der Waals surface area contributed by atoms with Gasteiger partial charge in [0.25, 0.3) is 6.43 Å². The van der Waals surface area contributed by atoms with Crippen LogP contribution in [0.1, 0.15) is 12.8 Å². The van der Waals surface area contributed by atoms with E-state index in [4.69, 9.17) is 5.73 Å². The van der Waals surface area contributed by atoms with E-state index in [1.165, 1.54) is 0 Å². The molecule has 1 aliphatic rings. The third-order valence-electron chi connectivity index (χ3n) is 2.34. The molecule has 96 valence electrons. The Labute approximate surface area is 101 Å². The number of sulfone groups is 1. The van der Waals surface area contributed by atoms with Crippen molar-refractivity contribution in [1.29, 1.82) is 0 Å². The summed E-state index contributed by atoms with van der Waals surface area (Å²) in [6.07, 6.45) is -1.38. The Hall–Kier alpha value is -0.960. The molecule has 3 N–H and O–H groups in total. The van der Waals surface area contributed by atoms with Gasteiger partial charge < -0.3 is 11.1 Å². The van der Waals surface area contributed by atoms with Crippen LogP contribution >= 0.6 is 11.5 Å². The molecule has 1 fully saturated rings. The van der Waals surface area contributed by atoms with Gasteiger partial charge in [0.1, 0.15) is 9.90 Å². The van der Waals surface area contributed by atoms with Gasteiger partial charge in [0.15, 0.2) is 15.7 Å². The number of rotatable bonds is 5. The summed E-state index contributed by atoms with van der Waals surface area (Å²) in [5, 5.41) is 2.04. The van der Waals surface area contributed by atoms with Crippen LogP contribution in [0.25, 0.3) is 0 Å². The summed E-state index contributed by atoms with van der Waals surface area (Å²) in [6, 6.07) is 0. The number of nitrogen functional groups attached to an aromatic ring is 1. The van der Waals surface area contributed by atoms with Crippen molar-refractivity contribution in [2.75, 3.05) is 17.6 Å². The first-order valence-corrected chi connectivity index (χ1v) is 7.26. The van der Waals surface area contributed by atoms with Crippen molar-refractivity contribution in [3.05, 3.63) is 0 Å². The van der Waals surface area contributed by atoms with Crippen molar-refractivity contribution < 1.29 is 17.2 Å². The summed E-state index contributed by atoms with van der Waals surface area (Å²) in [5.74, 6) is -0.112. The van der Waals surface area contributed by atoms with Gasteiger partial charge >= 0.3 is 0 Å². The number of nitrogens with two attached hydrogens (primary N) is 1. The lowest BCUT2D eigenvalue weighted by atomic mass is 10.6. The zero-order valence-corrected chi connectivity index (χ0v) is 10.3. The normalized spacial score (nSPS) is 16.4. The second-order valence-corrected chi connectivity index (χ2v) is 6.68. The third-order valence-corrected chi connectivity index (χ3v) is 5.62. The first kappa shape index (κ1) is 12.5. The summed E-state index contributed by atoms with van der Waals surface area (Å²) < 4.78 is 51.8. The monoisotopic (exact) mass is 283 g/mol. The molecule has 1 aromatic rings. The quantitative estimate of drug-likeness (QED) is 0.851. The maximum atomic E-state index is 12.1. The van der Waals surface area contributed by atoms with Crippen LogP contribution in [0, 0.1) is 0 Å². The molecule has 5 nitrogen and oxygen atoms in total. The zero-order valence-electron chi connectivity index (χ0n) is 8.69. The maximum Gasteiger partial charge on any atom is 0.255 e. The van der Waals surface area contributed by atoms with E-state index < -0.39 is 28.1 Å². The molecule has 1 aliphatic carbocycles. The minimum Gasteiger partial charge on any atom is -0.382 e. The Bertz CT molecular complexity index is 511. The van der Waals surface area contributed by atoms with Gasteiger partial charge in [-0.25, -0.2) is 17.2 Å². The van der Waals surface area contributed by atoms with Crippen LogP contribution in [0.2, 0.25) is 0 Å². The molecule has 0 amide bonds. The van der Waals surface area contributed by atoms with Crippen LogP contribution in [0.15, 0.2) is 4.90 Å². The average Bonchev–Trinajstić information content (AvgIpc) is 3.00. The van der Waals surface area contributed by atoms with Gasteiger partial charge in [0, 0.05) is 0 Å². The van der Waals surface area contributed by atoms with Gasteiger partial charge in [-0.2, -0.15) is 4.37 Å². The first-order valence-electron chi connectivity index (χ1n) is 4.94. The predicted molar refractivity (Wildman–Crippen MR) is 61.2 cm³/mol. The molecule has 1 heterocycles. The van der Waals surface area contributed by atoms with Crippen molar-refractivity contribution in [1.82, 2.24) is 4.37 Å². The Morgan fingerprint density at radius 2 is 2.18 bits per heavy atom. The molecule has 2 rings (SSSR count). The van der Waals surface area contributed by atoms with Crippen molar-refractivity contribution in [2.24, 2.45) is 0 Å². The number of nitrogens with one attached hydrogen (secondary N) is 1. The van der Waals surface area contributed by atoms with Crippen molar-refractivity contribution in [3.8, 4) is 0 Å². The Kier molecular flexibility index (Phi) is 3.21. The van der Waals surface area contributed by atoms with Crippen LogP contribution in [0.5, 0.6) is 0 Å². The van der Waals surface area contributed by atoms with E-state index in [1.807, 2.05) is 0 Å². The van der Waals surface area contributed by atoms with Crippen LogP contribution in [0.3, 0.4) is 0 Å². The first-order chi connectivity index (χ1) is 7.93. The predicted octanol–water partition coefficient (Wildman–Crippen LogP) is 1.34. The second kappa shape index (κ2) is 4.37. The minimum atomic E-state index is -3.52. The van der Waals surface area contributed by atoms with E-state index in [1.54, 1.807) is 0 Å². The van der Waals surface area contributed by atoms with Gasteiger partial charge in [-0.05, 0) is 24.4 Å². The van der Waals surface area contributed by atoms with Crippen molar-refractivity contribution in [2.45, 2.75) is 29.4 Å². The van der Waals surface area contributed by atoms with Crippen molar-refractivity contribution >= 4 is 32.2 Å². The van der Waals surface area contributed by atoms with Gasteiger partial charge in [-0.3, -0.25) is 0 Å². The second-order valence-electron chi connectivity index (χ2n) is 3.74. The summed E-state index contributed by atoms with van der Waals surface area (Å²) in [6.45, 7) is -0.616. The molecule has 0 radical (unpaired) electrons. The van der Waals surface area contributed by atoms with Gasteiger partial charge in [0.05, 0.1) is 11.8 Å². The molecule has 0 unspecified atom stereocenters. The van der Waals surface area contributed by atoms with E-state index in [9.17, 15) is 17.2 Å². The minimum absolute atomic E-state index is 0.106. The fraction of sp³-hybridized carbons (Fsp3) is 0.625. The number of halogens is 2. The molecule has 9 heteroatoms. The van der Waals surface area contributed by atoms with Crippen LogP contribution < -0.4 is 11.1 Å². The number of aromatic nitrogens is 1. The number of hydrogen-bond acceptors (Lipinski definition) is 6. The molecule has 0 atom stereocenters. The third kappa shape index (κ3) is 2.49. The van der Waals surface area contributed by atoms with E-state index in [0.29, 0.717) is 12.8 Å². The molecule has 0 aromatic carbocycles. The van der Waals surface area contributed by atoms with Gasteiger partial charge in [0.2, 0.25) is 0 Å². The van der Waals surface area contributed by atoms with Gasteiger partial charge in [-0.15, -0.1) is 0 Å².